The Labute approximate surface area is 242 Å². The lowest BCUT2D eigenvalue weighted by molar-refractivity contribution is -0.123. The van der Waals surface area contributed by atoms with E-state index in [-0.39, 0.29) is 53.6 Å². The summed E-state index contributed by atoms with van der Waals surface area (Å²) in [6.45, 7) is 1.43. The van der Waals surface area contributed by atoms with Gasteiger partial charge in [-0.25, -0.2) is 9.59 Å². The number of fused-ring (bicyclic) bond motifs is 5. The fraction of sp³-hybridized carbons (Fsp3) is 0.303. The van der Waals surface area contributed by atoms with Crippen LogP contribution in [0.4, 0.5) is 11.4 Å². The van der Waals surface area contributed by atoms with Gasteiger partial charge in [-0.3, -0.25) is 19.3 Å². The fourth-order valence-electron chi connectivity index (χ4n) is 6.88. The summed E-state index contributed by atoms with van der Waals surface area (Å²) >= 11 is 0. The van der Waals surface area contributed by atoms with E-state index in [0.717, 1.165) is 12.8 Å². The minimum atomic E-state index is -0.756. The molecule has 1 saturated heterocycles. The molecule has 3 aromatic rings. The highest BCUT2D eigenvalue weighted by Gasteiger charge is 2.64. The molecule has 1 aliphatic heterocycles. The number of esters is 2. The molecule has 2 aliphatic carbocycles. The molecule has 2 saturated carbocycles. The number of carbonyl (C=O) groups is 5. The summed E-state index contributed by atoms with van der Waals surface area (Å²) in [6, 6.07) is 22.5. The van der Waals surface area contributed by atoms with Gasteiger partial charge in [0.1, 0.15) is 0 Å². The number of hydrogen-bond acceptors (Lipinski definition) is 7. The van der Waals surface area contributed by atoms with E-state index in [9.17, 15) is 24.0 Å². The van der Waals surface area contributed by atoms with Gasteiger partial charge in [-0.2, -0.15) is 0 Å². The Kier molecular flexibility index (Phi) is 7.33. The van der Waals surface area contributed by atoms with Gasteiger partial charge in [0.2, 0.25) is 11.8 Å². The average Bonchev–Trinajstić information content (AvgIpc) is 3.68. The second kappa shape index (κ2) is 11.2. The molecule has 3 aromatic carbocycles. The number of nitrogens with zero attached hydrogens (tertiary/aromatic N) is 1. The quantitative estimate of drug-likeness (QED) is 0.313. The van der Waals surface area contributed by atoms with Crippen LogP contribution in [0.5, 0.6) is 0 Å². The summed E-state index contributed by atoms with van der Waals surface area (Å²) in [4.78, 5) is 65.3. The van der Waals surface area contributed by atoms with Crippen molar-refractivity contribution in [1.82, 2.24) is 0 Å². The lowest BCUT2D eigenvalue weighted by Gasteiger charge is -2.28. The highest BCUT2D eigenvalue weighted by atomic mass is 16.5. The standard InChI is InChI=1S/C33H30N2O7/c1-2-41-32(39)20-11-13-23(14-12-20)34-27(36)18-42-33(40)21-9-6-10-24(15-21)35-30(37)28-22-16-25(19-7-4-3-5-8-19)26(17-22)29(28)31(35)38/h3-15,22,25-26,28-29H,2,16-18H2,1H3,(H,34,36)/t22-,25-,26+,28+,29-/m0/s1. The maximum absolute atomic E-state index is 13.6. The first-order valence-corrected chi connectivity index (χ1v) is 14.1. The molecule has 3 fully saturated rings. The van der Waals surface area contributed by atoms with E-state index in [0.29, 0.717) is 16.9 Å². The number of imide groups is 1. The third-order valence-corrected chi connectivity index (χ3v) is 8.60. The van der Waals surface area contributed by atoms with E-state index in [2.05, 4.69) is 17.4 Å². The number of rotatable bonds is 8. The first-order chi connectivity index (χ1) is 20.4. The van der Waals surface area contributed by atoms with Crippen molar-refractivity contribution in [3.63, 3.8) is 0 Å². The van der Waals surface area contributed by atoms with E-state index < -0.39 is 24.5 Å². The van der Waals surface area contributed by atoms with Gasteiger partial charge in [0, 0.05) is 5.69 Å². The van der Waals surface area contributed by atoms with Crippen LogP contribution >= 0.6 is 0 Å². The molecule has 214 valence electrons. The largest absolute Gasteiger partial charge is 0.462 e. The van der Waals surface area contributed by atoms with E-state index in [1.165, 1.54) is 34.7 Å². The van der Waals surface area contributed by atoms with E-state index in [4.69, 9.17) is 9.47 Å². The van der Waals surface area contributed by atoms with Gasteiger partial charge in [0.25, 0.3) is 5.91 Å². The van der Waals surface area contributed by atoms with Crippen LogP contribution in [0.2, 0.25) is 0 Å². The first kappa shape index (κ1) is 27.4. The van der Waals surface area contributed by atoms with E-state index in [1.807, 2.05) is 18.2 Å². The molecule has 0 aromatic heterocycles. The Morgan fingerprint density at radius 3 is 2.26 bits per heavy atom. The van der Waals surface area contributed by atoms with Gasteiger partial charge in [0.15, 0.2) is 6.61 Å². The van der Waals surface area contributed by atoms with E-state index in [1.54, 1.807) is 31.2 Å². The second-order valence-corrected chi connectivity index (χ2v) is 10.9. The third-order valence-electron chi connectivity index (χ3n) is 8.60. The van der Waals surface area contributed by atoms with Crippen molar-refractivity contribution in [3.8, 4) is 0 Å². The number of carbonyl (C=O) groups excluding carboxylic acids is 5. The fourth-order valence-corrected chi connectivity index (χ4v) is 6.88. The number of nitrogens with one attached hydrogen (secondary N) is 1. The zero-order valence-electron chi connectivity index (χ0n) is 23.0. The molecule has 6 rings (SSSR count). The van der Waals surface area contributed by atoms with Crippen molar-refractivity contribution >= 4 is 41.0 Å². The van der Waals surface area contributed by atoms with Crippen LogP contribution in [0.15, 0.2) is 78.9 Å². The summed E-state index contributed by atoms with van der Waals surface area (Å²) in [5.41, 5.74) is 2.44. The molecule has 0 radical (unpaired) electrons. The van der Waals surface area contributed by atoms with Gasteiger partial charge in [0.05, 0.1) is 35.3 Å². The molecule has 42 heavy (non-hydrogen) atoms. The van der Waals surface area contributed by atoms with Gasteiger partial charge in [-0.15, -0.1) is 0 Å². The normalized spacial score (nSPS) is 23.9. The van der Waals surface area contributed by atoms with Crippen molar-refractivity contribution < 1.29 is 33.4 Å². The Hall–Kier alpha value is -4.79. The predicted molar refractivity (Wildman–Crippen MR) is 153 cm³/mol. The smallest absolute Gasteiger partial charge is 0.338 e. The Balaban J connectivity index is 1.09. The van der Waals surface area contributed by atoms with Crippen LogP contribution in [0.3, 0.4) is 0 Å². The molecule has 3 aliphatic rings. The van der Waals surface area contributed by atoms with Crippen molar-refractivity contribution in [1.29, 1.82) is 0 Å². The number of ether oxygens (including phenoxy) is 2. The van der Waals surface area contributed by atoms with Crippen LogP contribution in [0.1, 0.15) is 52.0 Å². The molecule has 3 amide bonds. The zero-order valence-corrected chi connectivity index (χ0v) is 23.0. The van der Waals surface area contributed by atoms with Gasteiger partial charge in [-0.1, -0.05) is 36.4 Å². The highest BCUT2D eigenvalue weighted by molar-refractivity contribution is 6.23. The summed E-state index contributed by atoms with van der Waals surface area (Å²) in [7, 11) is 0. The summed E-state index contributed by atoms with van der Waals surface area (Å²) in [6.07, 6.45) is 1.77. The average molecular weight is 567 g/mol. The molecule has 1 N–H and O–H groups in total. The molecule has 9 nitrogen and oxygen atoms in total. The van der Waals surface area contributed by atoms with Gasteiger partial charge < -0.3 is 14.8 Å². The number of amides is 3. The monoisotopic (exact) mass is 566 g/mol. The minimum absolute atomic E-state index is 0.122. The lowest BCUT2D eigenvalue weighted by Crippen LogP contribution is -2.33. The number of hydrogen-bond donors (Lipinski definition) is 1. The van der Waals surface area contributed by atoms with Crippen LogP contribution in [-0.2, 0) is 23.9 Å². The molecule has 0 unspecified atom stereocenters. The molecule has 1 heterocycles. The minimum Gasteiger partial charge on any atom is -0.462 e. The Bertz CT molecular complexity index is 1550. The van der Waals surface area contributed by atoms with Crippen LogP contribution in [0, 0.1) is 23.7 Å². The third kappa shape index (κ3) is 4.95. The topological polar surface area (TPSA) is 119 Å². The van der Waals surface area contributed by atoms with Crippen molar-refractivity contribution in [3.05, 3.63) is 95.6 Å². The first-order valence-electron chi connectivity index (χ1n) is 14.1. The van der Waals surface area contributed by atoms with Crippen LogP contribution in [-0.4, -0.2) is 42.9 Å². The zero-order chi connectivity index (χ0) is 29.4. The van der Waals surface area contributed by atoms with Crippen LogP contribution < -0.4 is 10.2 Å². The molecular weight excluding hydrogens is 536 g/mol. The molecular formula is C33H30N2O7. The number of anilines is 2. The predicted octanol–water partition coefficient (Wildman–Crippen LogP) is 4.59. The Morgan fingerprint density at radius 1 is 0.810 bits per heavy atom. The number of benzene rings is 3. The maximum atomic E-state index is 13.6. The summed E-state index contributed by atoms with van der Waals surface area (Å²) in [5.74, 6) is -2.33. The van der Waals surface area contributed by atoms with Gasteiger partial charge in [-0.05, 0) is 85.5 Å². The summed E-state index contributed by atoms with van der Waals surface area (Å²) < 4.78 is 10.1. The maximum Gasteiger partial charge on any atom is 0.338 e. The molecule has 9 heteroatoms. The lowest BCUT2D eigenvalue weighted by atomic mass is 9.73. The van der Waals surface area contributed by atoms with Crippen molar-refractivity contribution in [2.24, 2.45) is 23.7 Å². The Morgan fingerprint density at radius 2 is 1.52 bits per heavy atom. The van der Waals surface area contributed by atoms with Crippen molar-refractivity contribution in [2.75, 3.05) is 23.4 Å². The molecule has 2 bridgehead atoms. The highest BCUT2D eigenvalue weighted by Crippen LogP contribution is 2.61. The SMILES string of the molecule is CCOC(=O)c1ccc(NC(=O)COC(=O)c2cccc(N3C(=O)[C@@H]4[C@@H]5C[C@@H]([C@@H]4C3=O)[C@H](c3ccccc3)C5)c2)cc1. The van der Waals surface area contributed by atoms with Crippen LogP contribution in [0.25, 0.3) is 0 Å². The summed E-state index contributed by atoms with van der Waals surface area (Å²) in [5, 5.41) is 2.60. The second-order valence-electron chi connectivity index (χ2n) is 10.9. The van der Waals surface area contributed by atoms with Gasteiger partial charge >= 0.3 is 11.9 Å². The molecule has 5 atom stereocenters. The molecule has 0 spiro atoms. The van der Waals surface area contributed by atoms with Crippen molar-refractivity contribution in [2.45, 2.75) is 25.7 Å². The van der Waals surface area contributed by atoms with E-state index >= 15 is 0 Å².